The predicted molar refractivity (Wildman–Crippen MR) is 126 cm³/mol. The molecule has 1 heterocycles. The molecule has 1 unspecified atom stereocenters. The predicted octanol–water partition coefficient (Wildman–Crippen LogP) is 2.56. The number of halogens is 1. The minimum atomic E-state index is -0.725. The monoisotopic (exact) mass is 456 g/mol. The number of nitrogens with one attached hydrogen (secondary N) is 2. The van der Waals surface area contributed by atoms with Crippen LogP contribution in [0.15, 0.2) is 54.6 Å². The Labute approximate surface area is 193 Å². The average Bonchev–Trinajstić information content (AvgIpc) is 2.81. The summed E-state index contributed by atoms with van der Waals surface area (Å²) in [5, 5.41) is 6.16. The second-order valence-electron chi connectivity index (χ2n) is 8.12. The van der Waals surface area contributed by atoms with E-state index in [1.807, 2.05) is 44.2 Å². The van der Waals surface area contributed by atoms with E-state index in [0.29, 0.717) is 36.8 Å². The van der Waals surface area contributed by atoms with Crippen molar-refractivity contribution in [3.05, 3.63) is 65.2 Å². The smallest absolute Gasteiger partial charge is 0.251 e. The Morgan fingerprint density at radius 1 is 0.938 bits per heavy atom. The molecule has 0 aliphatic carbocycles. The van der Waals surface area contributed by atoms with Gasteiger partial charge in [0.05, 0.1) is 6.54 Å². The number of hydrogen-bond donors (Lipinski definition) is 2. The lowest BCUT2D eigenvalue weighted by Crippen LogP contribution is -2.54. The molecular weight excluding hydrogens is 428 g/mol. The van der Waals surface area contributed by atoms with Gasteiger partial charge in [-0.05, 0) is 42.3 Å². The molecule has 3 amide bonds. The van der Waals surface area contributed by atoms with Crippen molar-refractivity contribution in [2.24, 2.45) is 5.92 Å². The van der Waals surface area contributed by atoms with E-state index < -0.39 is 6.04 Å². The largest absolute Gasteiger partial charge is 0.368 e. The highest BCUT2D eigenvalue weighted by Crippen LogP contribution is 2.19. The van der Waals surface area contributed by atoms with Gasteiger partial charge in [0.25, 0.3) is 5.91 Å². The average molecular weight is 457 g/mol. The number of amides is 3. The van der Waals surface area contributed by atoms with Crippen LogP contribution in [0, 0.1) is 5.92 Å². The van der Waals surface area contributed by atoms with Crippen molar-refractivity contribution in [1.29, 1.82) is 0 Å². The highest BCUT2D eigenvalue weighted by atomic mass is 35.5. The van der Waals surface area contributed by atoms with Crippen LogP contribution in [0.2, 0.25) is 5.02 Å². The van der Waals surface area contributed by atoms with Gasteiger partial charge < -0.3 is 20.4 Å². The van der Waals surface area contributed by atoms with Crippen molar-refractivity contribution in [3.63, 3.8) is 0 Å². The standard InChI is InChI=1S/C24H29ClN4O3/c1-17(2)22(27-23(31)18-6-4-3-5-7-18)24(32)26-16-21(30)29-14-12-28(13-15-29)20-10-8-19(25)9-11-20/h3-11,17,22H,12-16H2,1-2H3,(H,26,32)(H,27,31). The first-order valence-corrected chi connectivity index (χ1v) is 11.1. The van der Waals surface area contributed by atoms with Crippen LogP contribution in [0.1, 0.15) is 24.2 Å². The van der Waals surface area contributed by atoms with Gasteiger partial charge in [-0.1, -0.05) is 43.6 Å². The molecule has 0 saturated carbocycles. The van der Waals surface area contributed by atoms with Crippen molar-refractivity contribution in [3.8, 4) is 0 Å². The molecule has 2 aromatic carbocycles. The summed E-state index contributed by atoms with van der Waals surface area (Å²) in [6.07, 6.45) is 0. The van der Waals surface area contributed by atoms with E-state index in [2.05, 4.69) is 15.5 Å². The molecule has 170 valence electrons. The van der Waals surface area contributed by atoms with Gasteiger partial charge in [0.2, 0.25) is 11.8 Å². The van der Waals surface area contributed by atoms with E-state index >= 15 is 0 Å². The first-order valence-electron chi connectivity index (χ1n) is 10.8. The van der Waals surface area contributed by atoms with Gasteiger partial charge in [0.15, 0.2) is 0 Å². The zero-order valence-electron chi connectivity index (χ0n) is 18.4. The van der Waals surface area contributed by atoms with E-state index in [9.17, 15) is 14.4 Å². The third kappa shape index (κ3) is 6.23. The minimum absolute atomic E-state index is 0.0930. The Morgan fingerprint density at radius 3 is 2.16 bits per heavy atom. The molecule has 1 atom stereocenters. The normalized spacial score (nSPS) is 14.8. The van der Waals surface area contributed by atoms with Gasteiger partial charge in [0, 0.05) is 42.5 Å². The molecule has 32 heavy (non-hydrogen) atoms. The Morgan fingerprint density at radius 2 is 1.56 bits per heavy atom. The quantitative estimate of drug-likeness (QED) is 0.671. The number of anilines is 1. The fourth-order valence-electron chi connectivity index (χ4n) is 3.60. The van der Waals surface area contributed by atoms with Gasteiger partial charge in [-0.3, -0.25) is 14.4 Å². The van der Waals surface area contributed by atoms with Crippen LogP contribution in [0.25, 0.3) is 0 Å². The van der Waals surface area contributed by atoms with Crippen molar-refractivity contribution >= 4 is 35.0 Å². The van der Waals surface area contributed by atoms with Crippen LogP contribution in [-0.2, 0) is 9.59 Å². The third-order valence-corrected chi connectivity index (χ3v) is 5.76. The van der Waals surface area contributed by atoms with Gasteiger partial charge >= 0.3 is 0 Å². The molecule has 2 aromatic rings. The van der Waals surface area contributed by atoms with Gasteiger partial charge in [-0.25, -0.2) is 0 Å². The molecule has 2 N–H and O–H groups in total. The molecule has 3 rings (SSSR count). The summed E-state index contributed by atoms with van der Waals surface area (Å²) < 4.78 is 0. The first-order chi connectivity index (χ1) is 15.3. The van der Waals surface area contributed by atoms with Crippen molar-refractivity contribution in [2.75, 3.05) is 37.6 Å². The third-order valence-electron chi connectivity index (χ3n) is 5.51. The van der Waals surface area contributed by atoms with Gasteiger partial charge in [-0.15, -0.1) is 0 Å². The van der Waals surface area contributed by atoms with Crippen LogP contribution in [0.3, 0.4) is 0 Å². The zero-order chi connectivity index (χ0) is 23.1. The fraction of sp³-hybridized carbons (Fsp3) is 0.375. The first kappa shape index (κ1) is 23.6. The van der Waals surface area contributed by atoms with Crippen molar-refractivity contribution in [2.45, 2.75) is 19.9 Å². The number of nitrogens with zero attached hydrogens (tertiary/aromatic N) is 2. The molecule has 0 spiro atoms. The van der Waals surface area contributed by atoms with E-state index in [1.54, 1.807) is 29.2 Å². The second-order valence-corrected chi connectivity index (χ2v) is 8.56. The minimum Gasteiger partial charge on any atom is -0.368 e. The summed E-state index contributed by atoms with van der Waals surface area (Å²) in [5.41, 5.74) is 1.56. The maximum absolute atomic E-state index is 12.7. The summed E-state index contributed by atoms with van der Waals surface area (Å²) in [7, 11) is 0. The van der Waals surface area contributed by atoms with E-state index in [0.717, 1.165) is 5.69 Å². The van der Waals surface area contributed by atoms with Crippen molar-refractivity contribution < 1.29 is 14.4 Å². The SMILES string of the molecule is CC(C)C(NC(=O)c1ccccc1)C(=O)NCC(=O)N1CCN(c2ccc(Cl)cc2)CC1. The van der Waals surface area contributed by atoms with E-state index in [1.165, 1.54) is 0 Å². The Bertz CT molecular complexity index is 926. The Balaban J connectivity index is 1.48. The lowest BCUT2D eigenvalue weighted by molar-refractivity contribution is -0.133. The van der Waals surface area contributed by atoms with Crippen LogP contribution in [0.5, 0.6) is 0 Å². The number of piperazine rings is 1. The highest BCUT2D eigenvalue weighted by molar-refractivity contribution is 6.30. The maximum atomic E-state index is 12.7. The van der Waals surface area contributed by atoms with Crippen molar-refractivity contribution in [1.82, 2.24) is 15.5 Å². The lowest BCUT2D eigenvalue weighted by atomic mass is 10.0. The van der Waals surface area contributed by atoms with Crippen LogP contribution < -0.4 is 15.5 Å². The summed E-state index contributed by atoms with van der Waals surface area (Å²) in [4.78, 5) is 41.7. The molecular formula is C24H29ClN4O3. The zero-order valence-corrected chi connectivity index (χ0v) is 19.1. The Hall–Kier alpha value is -3.06. The van der Waals surface area contributed by atoms with Gasteiger partial charge in [-0.2, -0.15) is 0 Å². The maximum Gasteiger partial charge on any atom is 0.251 e. The summed E-state index contributed by atoms with van der Waals surface area (Å²) >= 11 is 5.95. The second kappa shape index (κ2) is 11.0. The summed E-state index contributed by atoms with van der Waals surface area (Å²) in [5.74, 6) is -0.937. The van der Waals surface area contributed by atoms with E-state index in [-0.39, 0.29) is 30.2 Å². The van der Waals surface area contributed by atoms with E-state index in [4.69, 9.17) is 11.6 Å². The van der Waals surface area contributed by atoms with Crippen LogP contribution in [0.4, 0.5) is 5.69 Å². The number of hydrogen-bond acceptors (Lipinski definition) is 4. The molecule has 0 aromatic heterocycles. The summed E-state index contributed by atoms with van der Waals surface area (Å²) in [6, 6.07) is 15.7. The van der Waals surface area contributed by atoms with Crippen LogP contribution in [-0.4, -0.2) is 61.4 Å². The molecule has 7 nitrogen and oxygen atoms in total. The topological polar surface area (TPSA) is 81.8 Å². The molecule has 8 heteroatoms. The number of carbonyl (C=O) groups excluding carboxylic acids is 3. The van der Waals surface area contributed by atoms with Gasteiger partial charge in [0.1, 0.15) is 6.04 Å². The molecule has 1 aliphatic heterocycles. The fourth-order valence-corrected chi connectivity index (χ4v) is 3.73. The number of carbonyl (C=O) groups is 3. The highest BCUT2D eigenvalue weighted by Gasteiger charge is 2.26. The number of rotatable bonds is 7. The lowest BCUT2D eigenvalue weighted by Gasteiger charge is -2.36. The molecule has 1 saturated heterocycles. The number of benzene rings is 2. The molecule has 0 radical (unpaired) electrons. The molecule has 1 aliphatic rings. The molecule has 1 fully saturated rings. The summed E-state index contributed by atoms with van der Waals surface area (Å²) in [6.45, 7) is 6.20. The Kier molecular flexibility index (Phi) is 8.11. The van der Waals surface area contributed by atoms with Crippen LogP contribution >= 0.6 is 11.6 Å². The molecule has 0 bridgehead atoms.